The normalized spacial score (nSPS) is 11.3. The highest BCUT2D eigenvalue weighted by molar-refractivity contribution is 6.35. The lowest BCUT2D eigenvalue weighted by Crippen LogP contribution is -2.31. The number of benzene rings is 2. The van der Waals surface area contributed by atoms with Gasteiger partial charge in [-0.3, -0.25) is 4.79 Å². The molecule has 0 heterocycles. The zero-order valence-electron chi connectivity index (χ0n) is 14.0. The van der Waals surface area contributed by atoms with Crippen molar-refractivity contribution in [1.29, 1.82) is 5.41 Å². The average molecular weight is 383 g/mol. The van der Waals surface area contributed by atoms with Gasteiger partial charge in [0, 0.05) is 22.9 Å². The number of ether oxygens (including phenoxy) is 1. The first-order chi connectivity index (χ1) is 12.1. The summed E-state index contributed by atoms with van der Waals surface area (Å²) in [7, 11) is 0. The molecule has 5 nitrogen and oxygen atoms in total. The smallest absolute Gasteiger partial charge is 0.387 e. The molecular formula is C18H17ClF2N2O3. The van der Waals surface area contributed by atoms with Crippen LogP contribution in [-0.4, -0.2) is 29.3 Å². The summed E-state index contributed by atoms with van der Waals surface area (Å²) in [4.78, 5) is 11.1. The molecule has 0 aliphatic heterocycles. The standard InChI is InChI=1S/C18H17ClF2N2O3/c1-18(2,25)16(22)13-6-10(9-24)7-14(19)15(13)23-11-4-3-5-12(8-11)26-17(20)21/h3-9,17,22-23,25H,1-2H3. The number of alkyl halides is 2. The third-order valence-corrected chi connectivity index (χ3v) is 3.76. The molecule has 0 aromatic heterocycles. The van der Waals surface area contributed by atoms with Crippen molar-refractivity contribution >= 4 is 35.0 Å². The topological polar surface area (TPSA) is 82.4 Å². The first kappa shape index (κ1) is 19.8. The molecule has 0 saturated heterocycles. The minimum Gasteiger partial charge on any atom is -0.435 e. The minimum absolute atomic E-state index is 0.0512. The summed E-state index contributed by atoms with van der Waals surface area (Å²) in [6.07, 6.45) is 0.577. The van der Waals surface area contributed by atoms with Gasteiger partial charge in [-0.1, -0.05) is 17.7 Å². The van der Waals surface area contributed by atoms with Crippen molar-refractivity contribution in [2.24, 2.45) is 0 Å². The van der Waals surface area contributed by atoms with Gasteiger partial charge in [-0.15, -0.1) is 0 Å². The highest BCUT2D eigenvalue weighted by atomic mass is 35.5. The lowest BCUT2D eigenvalue weighted by molar-refractivity contribution is -0.0498. The fourth-order valence-electron chi connectivity index (χ4n) is 2.24. The van der Waals surface area contributed by atoms with Gasteiger partial charge in [-0.25, -0.2) is 0 Å². The third-order valence-electron chi connectivity index (χ3n) is 3.46. The van der Waals surface area contributed by atoms with Gasteiger partial charge < -0.3 is 20.6 Å². The highest BCUT2D eigenvalue weighted by Gasteiger charge is 2.25. The first-order valence-electron chi connectivity index (χ1n) is 7.54. The molecule has 0 atom stereocenters. The minimum atomic E-state index is -2.96. The number of carbonyl (C=O) groups is 1. The summed E-state index contributed by atoms with van der Waals surface area (Å²) in [5.74, 6) is -0.0512. The van der Waals surface area contributed by atoms with Crippen molar-refractivity contribution in [2.45, 2.75) is 26.1 Å². The number of rotatable bonds is 7. The van der Waals surface area contributed by atoms with Crippen molar-refractivity contribution < 1.29 is 23.4 Å². The predicted molar refractivity (Wildman–Crippen MR) is 96.3 cm³/mol. The monoisotopic (exact) mass is 382 g/mol. The maximum Gasteiger partial charge on any atom is 0.387 e. The second-order valence-electron chi connectivity index (χ2n) is 6.01. The van der Waals surface area contributed by atoms with Crippen LogP contribution in [0.4, 0.5) is 20.2 Å². The van der Waals surface area contributed by atoms with Crippen molar-refractivity contribution in [2.75, 3.05) is 5.32 Å². The largest absolute Gasteiger partial charge is 0.435 e. The molecule has 2 rings (SSSR count). The van der Waals surface area contributed by atoms with E-state index in [1.165, 1.54) is 44.2 Å². The van der Waals surface area contributed by atoms with E-state index in [-0.39, 0.29) is 33.3 Å². The van der Waals surface area contributed by atoms with E-state index >= 15 is 0 Å². The van der Waals surface area contributed by atoms with Crippen LogP contribution in [0.2, 0.25) is 5.02 Å². The Morgan fingerprint density at radius 3 is 2.62 bits per heavy atom. The van der Waals surface area contributed by atoms with Gasteiger partial charge >= 0.3 is 6.61 Å². The van der Waals surface area contributed by atoms with Crippen LogP contribution in [0.1, 0.15) is 29.8 Å². The van der Waals surface area contributed by atoms with E-state index in [4.69, 9.17) is 17.0 Å². The number of nitrogens with one attached hydrogen (secondary N) is 2. The molecule has 2 aromatic carbocycles. The van der Waals surface area contributed by atoms with Gasteiger partial charge in [-0.2, -0.15) is 8.78 Å². The maximum absolute atomic E-state index is 12.4. The summed E-state index contributed by atoms with van der Waals surface area (Å²) < 4.78 is 29.1. The van der Waals surface area contributed by atoms with Crippen molar-refractivity contribution in [1.82, 2.24) is 0 Å². The van der Waals surface area contributed by atoms with E-state index in [1.54, 1.807) is 6.07 Å². The van der Waals surface area contributed by atoms with Crippen LogP contribution in [0.25, 0.3) is 0 Å². The number of hydrogen-bond donors (Lipinski definition) is 3. The van der Waals surface area contributed by atoms with Crippen LogP contribution in [0.15, 0.2) is 36.4 Å². The van der Waals surface area contributed by atoms with Gasteiger partial charge in [0.1, 0.15) is 17.6 Å². The van der Waals surface area contributed by atoms with E-state index < -0.39 is 12.2 Å². The molecule has 0 bridgehead atoms. The van der Waals surface area contributed by atoms with Crippen LogP contribution < -0.4 is 10.1 Å². The number of hydrogen-bond acceptors (Lipinski definition) is 5. The molecule has 2 aromatic rings. The molecule has 0 radical (unpaired) electrons. The van der Waals surface area contributed by atoms with Crippen molar-refractivity contribution in [3.05, 3.63) is 52.5 Å². The molecule has 0 aliphatic rings. The Morgan fingerprint density at radius 1 is 1.35 bits per heavy atom. The maximum atomic E-state index is 12.4. The molecule has 0 saturated carbocycles. The van der Waals surface area contributed by atoms with Crippen molar-refractivity contribution in [3.8, 4) is 5.75 Å². The Labute approximate surface area is 154 Å². The summed E-state index contributed by atoms with van der Waals surface area (Å²) in [6, 6.07) is 8.63. The van der Waals surface area contributed by atoms with Gasteiger partial charge in [-0.05, 0) is 38.1 Å². The lowest BCUT2D eigenvalue weighted by Gasteiger charge is -2.23. The molecular weight excluding hydrogens is 366 g/mol. The molecule has 0 spiro atoms. The number of anilines is 2. The Bertz CT molecular complexity index is 836. The number of aldehydes is 1. The summed E-state index contributed by atoms with van der Waals surface area (Å²) in [6.45, 7) is -0.102. The second kappa shape index (κ2) is 7.80. The number of aliphatic hydroxyl groups is 1. The van der Waals surface area contributed by atoms with E-state index in [9.17, 15) is 18.7 Å². The fraction of sp³-hybridized carbons (Fsp3) is 0.222. The van der Waals surface area contributed by atoms with Crippen LogP contribution in [0.5, 0.6) is 5.75 Å². The SMILES string of the molecule is CC(C)(O)C(=N)c1cc(C=O)cc(Cl)c1Nc1cccc(OC(F)F)c1. The van der Waals surface area contributed by atoms with Gasteiger partial charge in [0.2, 0.25) is 0 Å². The second-order valence-corrected chi connectivity index (χ2v) is 6.42. The highest BCUT2D eigenvalue weighted by Crippen LogP contribution is 2.33. The molecule has 0 amide bonds. The van der Waals surface area contributed by atoms with E-state index in [0.29, 0.717) is 12.0 Å². The molecule has 26 heavy (non-hydrogen) atoms. The number of carbonyl (C=O) groups excluding carboxylic acids is 1. The van der Waals surface area contributed by atoms with Crippen LogP contribution in [0, 0.1) is 5.41 Å². The van der Waals surface area contributed by atoms with Crippen LogP contribution in [0.3, 0.4) is 0 Å². The molecule has 0 unspecified atom stereocenters. The third kappa shape index (κ3) is 4.77. The van der Waals surface area contributed by atoms with Gasteiger partial charge in [0.25, 0.3) is 0 Å². The Morgan fingerprint density at radius 2 is 2.04 bits per heavy atom. The van der Waals surface area contributed by atoms with E-state index in [0.717, 1.165) is 0 Å². The number of halogens is 3. The predicted octanol–water partition coefficient (Wildman–Crippen LogP) is 4.64. The lowest BCUT2D eigenvalue weighted by atomic mass is 9.93. The van der Waals surface area contributed by atoms with Crippen LogP contribution in [-0.2, 0) is 0 Å². The Hall–Kier alpha value is -2.51. The Kier molecular flexibility index (Phi) is 5.94. The zero-order valence-corrected chi connectivity index (χ0v) is 14.8. The first-order valence-corrected chi connectivity index (χ1v) is 7.92. The zero-order chi connectivity index (χ0) is 19.5. The van der Waals surface area contributed by atoms with Crippen LogP contribution >= 0.6 is 11.6 Å². The van der Waals surface area contributed by atoms with Gasteiger partial charge in [0.15, 0.2) is 0 Å². The van der Waals surface area contributed by atoms with E-state index in [1.807, 2.05) is 0 Å². The van der Waals surface area contributed by atoms with Gasteiger partial charge in [0.05, 0.1) is 16.4 Å². The molecule has 3 N–H and O–H groups in total. The van der Waals surface area contributed by atoms with E-state index in [2.05, 4.69) is 10.1 Å². The quantitative estimate of drug-likeness (QED) is 0.481. The molecule has 0 fully saturated rings. The summed E-state index contributed by atoms with van der Waals surface area (Å²) in [5, 5.41) is 21.4. The molecule has 0 aliphatic carbocycles. The average Bonchev–Trinajstić information content (AvgIpc) is 2.54. The Balaban J connectivity index is 2.49. The summed E-state index contributed by atoms with van der Waals surface area (Å²) >= 11 is 6.23. The molecule has 8 heteroatoms. The molecule has 138 valence electrons. The fourth-order valence-corrected chi connectivity index (χ4v) is 2.52. The van der Waals surface area contributed by atoms with Crippen molar-refractivity contribution in [3.63, 3.8) is 0 Å². The summed E-state index contributed by atoms with van der Waals surface area (Å²) in [5.41, 5.74) is -0.550.